The van der Waals surface area contributed by atoms with E-state index in [-0.39, 0.29) is 17.4 Å². The summed E-state index contributed by atoms with van der Waals surface area (Å²) >= 11 is 3.33. The fraction of sp³-hybridized carbons (Fsp3) is 0.158. The van der Waals surface area contributed by atoms with Crippen LogP contribution in [0.3, 0.4) is 0 Å². The molecule has 3 aromatic rings. The molecule has 138 valence electrons. The molecule has 0 bridgehead atoms. The van der Waals surface area contributed by atoms with Gasteiger partial charge in [-0.15, -0.1) is 0 Å². The number of halogens is 1. The van der Waals surface area contributed by atoms with Crippen molar-refractivity contribution >= 4 is 21.8 Å². The van der Waals surface area contributed by atoms with Gasteiger partial charge in [0.1, 0.15) is 17.1 Å². The van der Waals surface area contributed by atoms with Gasteiger partial charge in [-0.25, -0.2) is 0 Å². The van der Waals surface area contributed by atoms with Crippen LogP contribution in [0.5, 0.6) is 17.2 Å². The van der Waals surface area contributed by atoms with Crippen LogP contribution in [0, 0.1) is 0 Å². The molecule has 0 unspecified atom stereocenters. The molecule has 0 saturated carbocycles. The lowest BCUT2D eigenvalue weighted by Crippen LogP contribution is -2.24. The lowest BCUT2D eigenvalue weighted by atomic mass is 9.95. The van der Waals surface area contributed by atoms with Gasteiger partial charge in [0.05, 0.1) is 17.6 Å². The van der Waals surface area contributed by atoms with Crippen LogP contribution >= 0.6 is 15.9 Å². The number of benzene rings is 2. The number of nitrogens with one attached hydrogen (secondary N) is 1. The summed E-state index contributed by atoms with van der Waals surface area (Å²) in [5, 5.41) is 27.4. The number of carbonyl (C=O) groups excluding carboxylic acids is 1. The van der Waals surface area contributed by atoms with E-state index in [4.69, 9.17) is 4.74 Å². The van der Waals surface area contributed by atoms with Crippen molar-refractivity contribution in [3.63, 3.8) is 0 Å². The molecule has 0 radical (unpaired) electrons. The van der Waals surface area contributed by atoms with Gasteiger partial charge in [-0.2, -0.15) is 5.10 Å². The van der Waals surface area contributed by atoms with E-state index in [1.54, 1.807) is 48.3 Å². The molecule has 0 fully saturated rings. The van der Waals surface area contributed by atoms with Gasteiger partial charge in [0.15, 0.2) is 11.5 Å². The van der Waals surface area contributed by atoms with Gasteiger partial charge in [0, 0.05) is 18.2 Å². The van der Waals surface area contributed by atoms with E-state index in [1.165, 1.54) is 7.11 Å². The number of aromatic nitrogens is 2. The number of aromatic amines is 1. The second-order valence-corrected chi connectivity index (χ2v) is 7.10. The van der Waals surface area contributed by atoms with E-state index in [0.717, 1.165) is 5.56 Å². The minimum absolute atomic E-state index is 0.0124. The molecule has 27 heavy (non-hydrogen) atoms. The highest BCUT2D eigenvalue weighted by molar-refractivity contribution is 9.10. The Balaban J connectivity index is 1.94. The van der Waals surface area contributed by atoms with Crippen LogP contribution < -0.4 is 4.74 Å². The van der Waals surface area contributed by atoms with Crippen molar-refractivity contribution in [1.29, 1.82) is 0 Å². The van der Waals surface area contributed by atoms with Gasteiger partial charge < -0.3 is 19.8 Å². The topological polar surface area (TPSA) is 98.7 Å². The van der Waals surface area contributed by atoms with Gasteiger partial charge in [-0.05, 0) is 45.8 Å². The van der Waals surface area contributed by atoms with E-state index >= 15 is 0 Å². The molecule has 7 nitrogen and oxygen atoms in total. The van der Waals surface area contributed by atoms with E-state index in [9.17, 15) is 15.0 Å². The van der Waals surface area contributed by atoms with E-state index in [0.29, 0.717) is 32.7 Å². The summed E-state index contributed by atoms with van der Waals surface area (Å²) in [4.78, 5) is 14.3. The van der Waals surface area contributed by atoms with Crippen LogP contribution in [-0.4, -0.2) is 45.4 Å². The number of amides is 1. The van der Waals surface area contributed by atoms with Crippen molar-refractivity contribution in [2.24, 2.45) is 0 Å². The number of H-pyrrole nitrogens is 1. The summed E-state index contributed by atoms with van der Waals surface area (Å²) < 4.78 is 5.70. The number of para-hydroxylation sites is 1. The number of hydrogen-bond donors (Lipinski definition) is 3. The SMILES string of the molecule is COc1cc([C@H]2c3c(-c4ccccc4O)n[nH]c3C(=O)N2C)cc(Br)c1O. The predicted molar refractivity (Wildman–Crippen MR) is 102 cm³/mol. The molecule has 8 heteroatoms. The fourth-order valence-corrected chi connectivity index (χ4v) is 3.90. The van der Waals surface area contributed by atoms with Crippen molar-refractivity contribution in [1.82, 2.24) is 15.1 Å². The van der Waals surface area contributed by atoms with Crippen molar-refractivity contribution in [3.8, 4) is 28.5 Å². The molecule has 0 saturated heterocycles. The van der Waals surface area contributed by atoms with Crippen molar-refractivity contribution in [3.05, 3.63) is 57.7 Å². The molecule has 2 aromatic carbocycles. The third-order valence-electron chi connectivity index (χ3n) is 4.74. The third-order valence-corrected chi connectivity index (χ3v) is 5.35. The Labute approximate surface area is 163 Å². The zero-order chi connectivity index (χ0) is 19.3. The number of hydrogen-bond acceptors (Lipinski definition) is 5. The first kappa shape index (κ1) is 17.4. The van der Waals surface area contributed by atoms with Gasteiger partial charge >= 0.3 is 0 Å². The summed E-state index contributed by atoms with van der Waals surface area (Å²) in [6.45, 7) is 0. The number of aromatic hydroxyl groups is 2. The molecule has 4 rings (SSSR count). The second kappa shape index (κ2) is 6.31. The Bertz CT molecular complexity index is 1060. The molecular formula is C19H16BrN3O4. The largest absolute Gasteiger partial charge is 0.507 e. The number of fused-ring (bicyclic) bond motifs is 1. The number of ether oxygens (including phenoxy) is 1. The number of phenols is 2. The molecule has 1 aromatic heterocycles. The maximum absolute atomic E-state index is 12.7. The van der Waals surface area contributed by atoms with E-state index in [1.807, 2.05) is 0 Å². The van der Waals surface area contributed by atoms with Gasteiger partial charge in [-0.3, -0.25) is 9.89 Å². The van der Waals surface area contributed by atoms with Crippen LogP contribution in [-0.2, 0) is 0 Å². The monoisotopic (exact) mass is 429 g/mol. The molecule has 1 aliphatic rings. The standard InChI is InChI=1S/C19H16BrN3O4/c1-23-17(9-7-11(20)18(25)13(8-9)27-2)14-15(21-22-16(14)19(23)26)10-5-3-4-6-12(10)24/h3-8,17,24-25H,1-2H3,(H,21,22)/t17-/m0/s1. The quantitative estimate of drug-likeness (QED) is 0.592. The average Bonchev–Trinajstić information content (AvgIpc) is 3.18. The third kappa shape index (κ3) is 2.56. The molecule has 0 spiro atoms. The maximum atomic E-state index is 12.7. The summed E-state index contributed by atoms with van der Waals surface area (Å²) in [7, 11) is 3.16. The lowest BCUT2D eigenvalue weighted by molar-refractivity contribution is 0.0787. The Morgan fingerprint density at radius 1 is 1.26 bits per heavy atom. The number of phenolic OH excluding ortho intramolecular Hbond substituents is 2. The molecular weight excluding hydrogens is 414 g/mol. The van der Waals surface area contributed by atoms with Crippen LogP contribution in [0.2, 0.25) is 0 Å². The summed E-state index contributed by atoms with van der Waals surface area (Å²) in [6, 6.07) is 9.82. The highest BCUT2D eigenvalue weighted by Crippen LogP contribution is 2.46. The van der Waals surface area contributed by atoms with E-state index in [2.05, 4.69) is 26.1 Å². The van der Waals surface area contributed by atoms with Gasteiger partial charge in [-0.1, -0.05) is 12.1 Å². The van der Waals surface area contributed by atoms with Gasteiger partial charge in [0.2, 0.25) is 0 Å². The smallest absolute Gasteiger partial charge is 0.272 e. The first-order valence-corrected chi connectivity index (χ1v) is 8.93. The Morgan fingerprint density at radius 3 is 2.70 bits per heavy atom. The summed E-state index contributed by atoms with van der Waals surface area (Å²) in [5.41, 5.74) is 2.83. The highest BCUT2D eigenvalue weighted by Gasteiger charge is 2.41. The van der Waals surface area contributed by atoms with Crippen molar-refractivity contribution in [2.75, 3.05) is 14.2 Å². The molecule has 1 amide bonds. The summed E-state index contributed by atoms with van der Waals surface area (Å²) in [6.07, 6.45) is 0. The Morgan fingerprint density at radius 2 is 2.00 bits per heavy atom. The number of methoxy groups -OCH3 is 1. The molecule has 3 N–H and O–H groups in total. The van der Waals surface area contributed by atoms with Crippen LogP contribution in [0.1, 0.15) is 27.7 Å². The van der Waals surface area contributed by atoms with Crippen LogP contribution in [0.15, 0.2) is 40.9 Å². The maximum Gasteiger partial charge on any atom is 0.272 e. The van der Waals surface area contributed by atoms with Crippen LogP contribution in [0.25, 0.3) is 11.3 Å². The normalized spacial score (nSPS) is 15.9. The molecule has 1 atom stereocenters. The Kier molecular flexibility index (Phi) is 4.07. The number of nitrogens with zero attached hydrogens (tertiary/aromatic N) is 2. The minimum atomic E-state index is -0.452. The highest BCUT2D eigenvalue weighted by atomic mass is 79.9. The van der Waals surface area contributed by atoms with Crippen LogP contribution in [0.4, 0.5) is 0 Å². The second-order valence-electron chi connectivity index (χ2n) is 6.25. The lowest BCUT2D eigenvalue weighted by Gasteiger charge is -2.23. The van der Waals surface area contributed by atoms with Gasteiger partial charge in [0.25, 0.3) is 5.91 Å². The summed E-state index contributed by atoms with van der Waals surface area (Å²) in [5.74, 6) is 0.159. The first-order valence-electron chi connectivity index (χ1n) is 8.14. The predicted octanol–water partition coefficient (Wildman–Crippen LogP) is 3.43. The first-order chi connectivity index (χ1) is 12.9. The number of rotatable bonds is 3. The zero-order valence-corrected chi connectivity index (χ0v) is 16.1. The molecule has 2 heterocycles. The van der Waals surface area contributed by atoms with Crippen molar-refractivity contribution in [2.45, 2.75) is 6.04 Å². The number of carbonyl (C=O) groups is 1. The van der Waals surface area contributed by atoms with E-state index < -0.39 is 6.04 Å². The molecule has 0 aliphatic carbocycles. The average molecular weight is 430 g/mol. The zero-order valence-electron chi connectivity index (χ0n) is 14.5. The molecule has 1 aliphatic heterocycles. The Hall–Kier alpha value is -3.00. The minimum Gasteiger partial charge on any atom is -0.507 e. The van der Waals surface area contributed by atoms with Crippen molar-refractivity contribution < 1.29 is 19.7 Å². The fourth-order valence-electron chi connectivity index (χ4n) is 3.44.